The zero-order chi connectivity index (χ0) is 12.3. The topological polar surface area (TPSA) is 88.3 Å². The fourth-order valence-electron chi connectivity index (χ4n) is 1.78. The van der Waals surface area contributed by atoms with E-state index in [0.29, 0.717) is 6.42 Å². The van der Waals surface area contributed by atoms with Crippen molar-refractivity contribution in [3.63, 3.8) is 0 Å². The maximum Gasteiger partial charge on any atom is 0.243 e. The number of carbonyl (C=O) groups excluding carboxylic acids is 2. The van der Waals surface area contributed by atoms with Crippen molar-refractivity contribution >= 4 is 22.9 Å². The molecule has 0 saturated carbocycles. The van der Waals surface area contributed by atoms with Gasteiger partial charge in [-0.2, -0.15) is 4.99 Å². The number of nitrogens with one attached hydrogen (secondary N) is 1. The maximum absolute atomic E-state index is 11.1. The average molecular weight is 229 g/mol. The second-order valence-electron chi connectivity index (χ2n) is 3.70. The van der Waals surface area contributed by atoms with Gasteiger partial charge in [-0.1, -0.05) is 18.2 Å². The summed E-state index contributed by atoms with van der Waals surface area (Å²) in [6.45, 7) is 0. The summed E-state index contributed by atoms with van der Waals surface area (Å²) in [5.41, 5.74) is 7.04. The molecule has 1 aromatic carbocycles. The van der Waals surface area contributed by atoms with E-state index in [-0.39, 0.29) is 0 Å². The average Bonchev–Trinajstić information content (AvgIpc) is 2.72. The first-order valence-electron chi connectivity index (χ1n) is 5.13. The Morgan fingerprint density at radius 3 is 2.94 bits per heavy atom. The third-order valence-corrected chi connectivity index (χ3v) is 2.63. The number of primary amides is 1. The Morgan fingerprint density at radius 2 is 2.24 bits per heavy atom. The van der Waals surface area contributed by atoms with Gasteiger partial charge in [0.25, 0.3) is 0 Å². The lowest BCUT2D eigenvalue weighted by atomic mass is 10.1. The molecule has 0 radical (unpaired) electrons. The monoisotopic (exact) mass is 229 g/mol. The number of benzene rings is 1. The van der Waals surface area contributed by atoms with Crippen LogP contribution in [0.2, 0.25) is 0 Å². The van der Waals surface area contributed by atoms with Gasteiger partial charge in [0.05, 0.1) is 0 Å². The van der Waals surface area contributed by atoms with Gasteiger partial charge in [-0.25, -0.2) is 4.79 Å². The number of hydrogen-bond acceptors (Lipinski definition) is 3. The first-order valence-corrected chi connectivity index (χ1v) is 5.13. The predicted molar refractivity (Wildman–Crippen MR) is 63.1 cm³/mol. The van der Waals surface area contributed by atoms with Crippen LogP contribution in [-0.2, 0) is 16.0 Å². The molecule has 1 atom stereocenters. The van der Waals surface area contributed by atoms with E-state index in [1.807, 2.05) is 24.3 Å². The van der Waals surface area contributed by atoms with Crippen LogP contribution in [0.25, 0.3) is 10.9 Å². The Bertz CT molecular complexity index is 595. The maximum atomic E-state index is 11.1. The molecule has 0 bridgehead atoms. The molecule has 0 spiro atoms. The Kier molecular flexibility index (Phi) is 3.03. The summed E-state index contributed by atoms with van der Waals surface area (Å²) >= 11 is 0. The minimum Gasteiger partial charge on any atom is -0.368 e. The van der Waals surface area contributed by atoms with E-state index < -0.39 is 11.9 Å². The normalized spacial score (nSPS) is 12.0. The lowest BCUT2D eigenvalue weighted by Crippen LogP contribution is -2.28. The number of nitrogens with zero attached hydrogens (tertiary/aromatic N) is 1. The summed E-state index contributed by atoms with van der Waals surface area (Å²) < 4.78 is 0. The standard InChI is InChI=1S/C12H11N3O2/c13-12(17)11(15-7-16)5-8-6-14-10-4-2-1-3-9(8)10/h1-4,6,11,14H,5H2,(H2,13,17). The van der Waals surface area contributed by atoms with Crippen LogP contribution in [0.15, 0.2) is 35.5 Å². The molecule has 1 aromatic heterocycles. The summed E-state index contributed by atoms with van der Waals surface area (Å²) in [5.74, 6) is -0.626. The molecule has 1 unspecified atom stereocenters. The molecule has 0 fully saturated rings. The van der Waals surface area contributed by atoms with Crippen LogP contribution in [0, 0.1) is 0 Å². The molecule has 1 amide bonds. The second-order valence-corrected chi connectivity index (χ2v) is 3.70. The van der Waals surface area contributed by atoms with Crippen LogP contribution in [0.4, 0.5) is 0 Å². The smallest absolute Gasteiger partial charge is 0.243 e. The van der Waals surface area contributed by atoms with Gasteiger partial charge in [0.15, 0.2) is 0 Å². The lowest BCUT2D eigenvalue weighted by molar-refractivity contribution is -0.119. The quantitative estimate of drug-likeness (QED) is 0.602. The van der Waals surface area contributed by atoms with Crippen molar-refractivity contribution in [3.8, 4) is 0 Å². The van der Waals surface area contributed by atoms with Crippen molar-refractivity contribution < 1.29 is 9.59 Å². The van der Waals surface area contributed by atoms with E-state index >= 15 is 0 Å². The zero-order valence-corrected chi connectivity index (χ0v) is 9.01. The molecule has 0 aliphatic rings. The summed E-state index contributed by atoms with van der Waals surface area (Å²) in [7, 11) is 0. The molecule has 0 saturated heterocycles. The van der Waals surface area contributed by atoms with E-state index in [1.165, 1.54) is 6.08 Å². The highest BCUT2D eigenvalue weighted by molar-refractivity contribution is 5.85. The fraction of sp³-hybridized carbons (Fsp3) is 0.167. The summed E-state index contributed by atoms with van der Waals surface area (Å²) in [6.07, 6.45) is 3.47. The molecule has 2 aromatic rings. The largest absolute Gasteiger partial charge is 0.368 e. The molecule has 5 heteroatoms. The van der Waals surface area contributed by atoms with Gasteiger partial charge in [-0.15, -0.1) is 0 Å². The highest BCUT2D eigenvalue weighted by Crippen LogP contribution is 2.19. The van der Waals surface area contributed by atoms with Crippen LogP contribution in [-0.4, -0.2) is 23.0 Å². The van der Waals surface area contributed by atoms with E-state index in [9.17, 15) is 9.59 Å². The minimum atomic E-state index is -0.855. The number of aromatic nitrogens is 1. The summed E-state index contributed by atoms with van der Waals surface area (Å²) in [5, 5.41) is 1.000. The minimum absolute atomic E-state index is 0.300. The Morgan fingerprint density at radius 1 is 1.47 bits per heavy atom. The number of isocyanates is 1. The third kappa shape index (κ3) is 2.24. The number of rotatable bonds is 4. The van der Waals surface area contributed by atoms with Gasteiger partial charge in [0, 0.05) is 23.5 Å². The fourth-order valence-corrected chi connectivity index (χ4v) is 1.78. The summed E-state index contributed by atoms with van der Waals surface area (Å²) in [6, 6.07) is 6.83. The first kappa shape index (κ1) is 11.1. The highest BCUT2D eigenvalue weighted by atomic mass is 16.1. The summed E-state index contributed by atoms with van der Waals surface area (Å²) in [4.78, 5) is 27.8. The van der Waals surface area contributed by atoms with E-state index in [2.05, 4.69) is 9.98 Å². The molecule has 2 rings (SSSR count). The number of H-pyrrole nitrogens is 1. The third-order valence-electron chi connectivity index (χ3n) is 2.63. The molecule has 0 aliphatic heterocycles. The number of aromatic amines is 1. The Balaban J connectivity index is 2.34. The van der Waals surface area contributed by atoms with E-state index in [0.717, 1.165) is 16.5 Å². The SMILES string of the molecule is NC(=O)C(Cc1c[nH]c2ccccc12)N=C=O. The zero-order valence-electron chi connectivity index (χ0n) is 9.01. The van der Waals surface area contributed by atoms with Crippen molar-refractivity contribution in [3.05, 3.63) is 36.0 Å². The van der Waals surface area contributed by atoms with E-state index in [4.69, 9.17) is 5.73 Å². The highest BCUT2D eigenvalue weighted by Gasteiger charge is 2.16. The van der Waals surface area contributed by atoms with Crippen molar-refractivity contribution in [2.24, 2.45) is 10.7 Å². The van der Waals surface area contributed by atoms with Gasteiger partial charge in [0.1, 0.15) is 6.04 Å². The van der Waals surface area contributed by atoms with Crippen LogP contribution in [0.1, 0.15) is 5.56 Å². The van der Waals surface area contributed by atoms with Gasteiger partial charge in [-0.3, -0.25) is 4.79 Å². The van der Waals surface area contributed by atoms with Crippen LogP contribution in [0.3, 0.4) is 0 Å². The predicted octanol–water partition coefficient (Wildman–Crippen LogP) is 0.900. The number of aliphatic imine (C=N–C) groups is 1. The number of hydrogen-bond donors (Lipinski definition) is 2. The number of para-hydroxylation sites is 1. The number of carbonyl (C=O) groups is 1. The van der Waals surface area contributed by atoms with Gasteiger partial charge in [0.2, 0.25) is 12.0 Å². The van der Waals surface area contributed by atoms with Crippen molar-refractivity contribution in [1.29, 1.82) is 0 Å². The number of nitrogens with two attached hydrogens (primary N) is 1. The molecule has 3 N–H and O–H groups in total. The van der Waals surface area contributed by atoms with Crippen LogP contribution < -0.4 is 5.73 Å². The molecule has 1 heterocycles. The number of amides is 1. The Labute approximate surface area is 97.3 Å². The van der Waals surface area contributed by atoms with Gasteiger partial charge >= 0.3 is 0 Å². The van der Waals surface area contributed by atoms with Crippen molar-refractivity contribution in [1.82, 2.24) is 4.98 Å². The van der Waals surface area contributed by atoms with Crippen LogP contribution >= 0.6 is 0 Å². The molecular formula is C12H11N3O2. The molecule has 0 aliphatic carbocycles. The molecule has 86 valence electrons. The van der Waals surface area contributed by atoms with Crippen molar-refractivity contribution in [2.45, 2.75) is 12.5 Å². The first-order chi connectivity index (χ1) is 8.22. The van der Waals surface area contributed by atoms with Gasteiger partial charge < -0.3 is 10.7 Å². The second kappa shape index (κ2) is 4.63. The molecule has 5 nitrogen and oxygen atoms in total. The molecule has 17 heavy (non-hydrogen) atoms. The van der Waals surface area contributed by atoms with Crippen molar-refractivity contribution in [2.75, 3.05) is 0 Å². The van der Waals surface area contributed by atoms with Crippen LogP contribution in [0.5, 0.6) is 0 Å². The number of fused-ring (bicyclic) bond motifs is 1. The van der Waals surface area contributed by atoms with E-state index in [1.54, 1.807) is 6.20 Å². The Hall–Kier alpha value is -2.39. The lowest BCUT2D eigenvalue weighted by Gasteiger charge is -2.04. The van der Waals surface area contributed by atoms with Gasteiger partial charge in [-0.05, 0) is 11.6 Å². The molecular weight excluding hydrogens is 218 g/mol.